The Balaban J connectivity index is 0.000000207. The van der Waals surface area contributed by atoms with Crippen molar-refractivity contribution in [3.05, 3.63) is 108 Å². The van der Waals surface area contributed by atoms with Gasteiger partial charge in [-0.2, -0.15) is 9.37 Å². The van der Waals surface area contributed by atoms with E-state index in [-0.39, 0.29) is 25.8 Å². The van der Waals surface area contributed by atoms with Crippen LogP contribution in [-0.2, 0) is 26.5 Å². The van der Waals surface area contributed by atoms with E-state index in [0.717, 1.165) is 34.0 Å². The Bertz CT molecular complexity index is 1960. The summed E-state index contributed by atoms with van der Waals surface area (Å²) >= 11 is -1.90. The first-order valence-corrected chi connectivity index (χ1v) is 22.3. The summed E-state index contributed by atoms with van der Waals surface area (Å²) in [5.41, 5.74) is 6.92. The van der Waals surface area contributed by atoms with E-state index in [1.807, 2.05) is 50.2 Å². The van der Waals surface area contributed by atoms with Gasteiger partial charge in [-0.3, -0.25) is 0 Å². The van der Waals surface area contributed by atoms with Crippen LogP contribution in [0.3, 0.4) is 0 Å². The van der Waals surface area contributed by atoms with Crippen LogP contribution in [0.2, 0.25) is 17.3 Å². The first kappa shape index (κ1) is 33.2. The average molecular weight is 840 g/mol. The first-order valence-electron chi connectivity index (χ1n) is 15.4. The molecule has 1 radical (unpaired) electrons. The molecule has 0 amide bonds. The molecule has 7 heteroatoms. The Morgan fingerprint density at radius 3 is 2.38 bits per heavy atom. The van der Waals surface area contributed by atoms with Gasteiger partial charge in [0.05, 0.1) is 5.58 Å². The normalized spacial score (nSPS) is 12.3. The summed E-state index contributed by atoms with van der Waals surface area (Å²) in [4.78, 5) is 12.9. The van der Waals surface area contributed by atoms with Crippen molar-refractivity contribution in [3.8, 4) is 22.5 Å². The number of pyridine rings is 3. The molecule has 2 aromatic carbocycles. The van der Waals surface area contributed by atoms with E-state index in [4.69, 9.17) is 10.8 Å². The Hall–Kier alpha value is -3.19. The predicted molar refractivity (Wildman–Crippen MR) is 182 cm³/mol. The van der Waals surface area contributed by atoms with Crippen molar-refractivity contribution in [2.75, 3.05) is 0 Å². The van der Waals surface area contributed by atoms with Gasteiger partial charge in [-0.25, -0.2) is 0 Å². The van der Waals surface area contributed by atoms with E-state index in [1.165, 1.54) is 16.0 Å². The zero-order valence-corrected chi connectivity index (χ0v) is 31.7. The molecule has 0 aliphatic rings. The van der Waals surface area contributed by atoms with Crippen molar-refractivity contribution in [3.63, 3.8) is 0 Å². The minimum atomic E-state index is -1.90. The second-order valence-corrected chi connectivity index (χ2v) is 24.2. The third-order valence-electron chi connectivity index (χ3n) is 7.36. The topological polar surface area (TPSA) is 51.8 Å². The van der Waals surface area contributed by atoms with Gasteiger partial charge >= 0.3 is 132 Å². The van der Waals surface area contributed by atoms with Gasteiger partial charge in [0.15, 0.2) is 0 Å². The Labute approximate surface area is 284 Å². The van der Waals surface area contributed by atoms with Crippen molar-refractivity contribution in [1.29, 1.82) is 0 Å². The van der Waals surface area contributed by atoms with Crippen molar-refractivity contribution < 1.29 is 30.3 Å². The van der Waals surface area contributed by atoms with Crippen molar-refractivity contribution >= 4 is 39.7 Å². The second kappa shape index (κ2) is 14.1. The number of hydrogen-bond acceptors (Lipinski definition) is 4. The summed E-state index contributed by atoms with van der Waals surface area (Å²) in [6, 6.07) is 27.1. The molecule has 0 spiro atoms. The smallest absolute Gasteiger partial charge is 0.218 e. The molecule has 0 atom stereocenters. The van der Waals surface area contributed by atoms with Gasteiger partial charge in [0.2, 0.25) is 11.7 Å². The summed E-state index contributed by atoms with van der Waals surface area (Å²) in [5.74, 6) is 6.01. The predicted octanol–water partition coefficient (Wildman–Crippen LogP) is 9.79. The van der Waals surface area contributed by atoms with Crippen LogP contribution >= 0.6 is 0 Å². The van der Waals surface area contributed by atoms with Crippen molar-refractivity contribution in [2.24, 2.45) is 5.41 Å². The van der Waals surface area contributed by atoms with E-state index in [1.54, 1.807) is 18.3 Å². The molecule has 0 aliphatic heterocycles. The van der Waals surface area contributed by atoms with Crippen LogP contribution in [0.4, 0.5) is 4.39 Å². The van der Waals surface area contributed by atoms with E-state index < -0.39 is 25.1 Å². The molecule has 0 N–H and O–H groups in total. The Morgan fingerprint density at radius 1 is 0.933 bits per heavy atom. The van der Waals surface area contributed by atoms with Crippen LogP contribution in [0.1, 0.15) is 53.0 Å². The van der Waals surface area contributed by atoms with Gasteiger partial charge in [0, 0.05) is 33.1 Å². The monoisotopic (exact) mass is 841 g/mol. The molecular formula is C38H40FGeIrN3O-2. The van der Waals surface area contributed by atoms with Crippen molar-refractivity contribution in [2.45, 2.75) is 64.2 Å². The number of hydrogen-bond donors (Lipinski definition) is 0. The van der Waals surface area contributed by atoms with E-state index >= 15 is 0 Å². The number of rotatable bonds is 5. The van der Waals surface area contributed by atoms with Gasteiger partial charge in [0.1, 0.15) is 0 Å². The van der Waals surface area contributed by atoms with Gasteiger partial charge in [-0.1, -0.05) is 36.4 Å². The maximum atomic E-state index is 13.4. The number of furan rings is 1. The molecule has 0 saturated heterocycles. The molecule has 0 aliphatic carbocycles. The van der Waals surface area contributed by atoms with Crippen LogP contribution in [0.5, 0.6) is 0 Å². The van der Waals surface area contributed by atoms with Crippen LogP contribution in [0, 0.1) is 23.5 Å². The van der Waals surface area contributed by atoms with Crippen LogP contribution < -0.4 is 4.40 Å². The number of fused-ring (bicyclic) bond motifs is 3. The molecule has 235 valence electrons. The third kappa shape index (κ3) is 8.35. The molecule has 6 rings (SSSR count). The Kier molecular flexibility index (Phi) is 10.4. The standard InChI is InChI=1S/C19H14FN2O.C19H26GeN.Ir/c1-11(2)12-8-9-21-16(10-12)15-5-3-4-13-14-6-7-17(20)22-19(14)23-18(13)15;1-19(2,3)13-16-12-18(15-10-8-7-9-11-15)21-14-17(16)20(4,5)6;/h3-4,6-11H,1-2H3;7-10,12,14H,13H2,1-6H3;/q2*-1;/i11D;;. The van der Waals surface area contributed by atoms with E-state index in [2.05, 4.69) is 78.5 Å². The molecule has 4 nitrogen and oxygen atoms in total. The van der Waals surface area contributed by atoms with Gasteiger partial charge in [-0.05, 0) is 29.8 Å². The summed E-state index contributed by atoms with van der Waals surface area (Å²) in [6.45, 7) is 10.6. The minimum Gasteiger partial charge on any atom is -0.486 e. The molecule has 45 heavy (non-hydrogen) atoms. The average Bonchev–Trinajstić information content (AvgIpc) is 3.34. The maximum absolute atomic E-state index is 13.4. The molecule has 4 heterocycles. The Morgan fingerprint density at radius 2 is 1.71 bits per heavy atom. The minimum absolute atomic E-state index is 0. The van der Waals surface area contributed by atoms with E-state index in [0.29, 0.717) is 22.3 Å². The summed E-state index contributed by atoms with van der Waals surface area (Å²) < 4.78 is 28.9. The quantitative estimate of drug-likeness (QED) is 0.0987. The molecule has 4 aromatic heterocycles. The molecule has 6 aromatic rings. The van der Waals surface area contributed by atoms with Crippen molar-refractivity contribution in [1.82, 2.24) is 15.0 Å². The fourth-order valence-electron chi connectivity index (χ4n) is 5.26. The molecule has 0 unspecified atom stereocenters. The summed E-state index contributed by atoms with van der Waals surface area (Å²) in [6.07, 6.45) is 4.92. The van der Waals surface area contributed by atoms with Crippen LogP contribution in [-0.4, -0.2) is 28.2 Å². The van der Waals surface area contributed by atoms with Gasteiger partial charge in [-0.15, -0.1) is 18.2 Å². The molecule has 0 bridgehead atoms. The zero-order chi connectivity index (χ0) is 32.6. The molecule has 0 fully saturated rings. The summed E-state index contributed by atoms with van der Waals surface area (Å²) in [7, 11) is 0. The third-order valence-corrected chi connectivity index (χ3v) is 11.7. The van der Waals surface area contributed by atoms with Crippen LogP contribution in [0.25, 0.3) is 44.6 Å². The SMILES string of the molecule is CC(C)(C)Cc1cc(-c2[c-]cccc2)nc[c]1[Ge]([CH3])([CH3])[CH3].[2H]C(C)(C)c1ccnc(-c2[c-]ccc3c2oc2nc(F)ccc23)c1.[Ir]. The molecule has 0 saturated carbocycles. The van der Waals surface area contributed by atoms with Gasteiger partial charge in [0.25, 0.3) is 0 Å². The zero-order valence-electron chi connectivity index (χ0n) is 28.2. The van der Waals surface area contributed by atoms with E-state index in [9.17, 15) is 4.39 Å². The maximum Gasteiger partial charge on any atom is 0.218 e. The largest absolute Gasteiger partial charge is 0.486 e. The summed E-state index contributed by atoms with van der Waals surface area (Å²) in [5, 5.41) is 1.59. The van der Waals surface area contributed by atoms with Crippen LogP contribution in [0.15, 0.2) is 83.5 Å². The number of aromatic nitrogens is 3. The first-order chi connectivity index (χ1) is 21.1. The number of halogens is 1. The van der Waals surface area contributed by atoms with Gasteiger partial charge < -0.3 is 9.40 Å². The molecular weight excluding hydrogens is 798 g/mol. The fraction of sp³-hybridized carbons (Fsp3) is 0.289. The number of benzene rings is 2. The second-order valence-electron chi connectivity index (χ2n) is 13.6. The fourth-order valence-corrected chi connectivity index (χ4v) is 8.56. The number of nitrogens with zero attached hydrogens (tertiary/aromatic N) is 3.